The van der Waals surface area contributed by atoms with E-state index in [1.165, 1.54) is 24.3 Å². The number of nitrogens with two attached hydrogens (primary N) is 1. The Balaban J connectivity index is 2.26. The van der Waals surface area contributed by atoms with E-state index in [0.717, 1.165) is 0 Å². The van der Waals surface area contributed by atoms with E-state index < -0.39 is 121 Å². The van der Waals surface area contributed by atoms with Crippen molar-refractivity contribution < 1.29 is 63.6 Å². The van der Waals surface area contributed by atoms with E-state index in [0.29, 0.717) is 17.5 Å². The van der Waals surface area contributed by atoms with Crippen molar-refractivity contribution in [2.75, 3.05) is 12.3 Å². The van der Waals surface area contributed by atoms with Gasteiger partial charge in [0.05, 0.1) is 19.0 Å². The molecule has 20 nitrogen and oxygen atoms in total. The molecular weight excluding hydrogens is 795 g/mol. The van der Waals surface area contributed by atoms with Crippen molar-refractivity contribution in [3.8, 4) is 5.75 Å². The Hall–Kier alpha value is -6.22. The monoisotopic (exact) mass is 845 g/mol. The Bertz CT molecular complexity index is 1800. The number of carbonyl (C=O) groups is 9. The van der Waals surface area contributed by atoms with E-state index in [1.807, 2.05) is 13.8 Å². The summed E-state index contributed by atoms with van der Waals surface area (Å²) >= 11 is 4.00. The van der Waals surface area contributed by atoms with Crippen molar-refractivity contribution in [3.05, 3.63) is 65.7 Å². The van der Waals surface area contributed by atoms with Gasteiger partial charge >= 0.3 is 17.9 Å². The van der Waals surface area contributed by atoms with Crippen LogP contribution in [-0.4, -0.2) is 122 Å². The smallest absolute Gasteiger partial charge is 0.326 e. The van der Waals surface area contributed by atoms with Crippen LogP contribution in [0.3, 0.4) is 0 Å². The summed E-state index contributed by atoms with van der Waals surface area (Å²) in [4.78, 5) is 114. The molecule has 322 valence electrons. The number of carbonyl (C=O) groups excluding carboxylic acids is 6. The number of amides is 6. The average Bonchev–Trinajstić information content (AvgIpc) is 3.17. The van der Waals surface area contributed by atoms with Crippen molar-refractivity contribution >= 4 is 66.0 Å². The molecule has 0 saturated carbocycles. The molecule has 0 spiro atoms. The maximum atomic E-state index is 13.7. The van der Waals surface area contributed by atoms with Gasteiger partial charge in [-0.15, -0.1) is 0 Å². The Morgan fingerprint density at radius 3 is 1.68 bits per heavy atom. The number of phenolic OH excluding ortho intramolecular Hbond substituents is 1. The molecule has 0 bridgehead atoms. The van der Waals surface area contributed by atoms with Gasteiger partial charge in [0.25, 0.3) is 0 Å². The highest BCUT2D eigenvalue weighted by molar-refractivity contribution is 7.80. The number of benzene rings is 2. The molecule has 6 amide bonds. The van der Waals surface area contributed by atoms with E-state index in [9.17, 15) is 58.5 Å². The number of hydrogen-bond acceptors (Lipinski definition) is 12. The van der Waals surface area contributed by atoms with Gasteiger partial charge in [0, 0.05) is 25.0 Å². The first-order chi connectivity index (χ1) is 27.8. The maximum Gasteiger partial charge on any atom is 0.326 e. The molecule has 0 aliphatic rings. The highest BCUT2D eigenvalue weighted by atomic mass is 32.1. The number of rotatable bonds is 25. The third-order valence-electron chi connectivity index (χ3n) is 8.52. The topological polar surface area (TPSA) is 333 Å². The predicted molar refractivity (Wildman–Crippen MR) is 213 cm³/mol. The first-order valence-electron chi connectivity index (χ1n) is 18.4. The summed E-state index contributed by atoms with van der Waals surface area (Å²) in [7, 11) is 0. The molecular formula is C38H51N7O13S. The second-order valence-electron chi connectivity index (χ2n) is 13.9. The van der Waals surface area contributed by atoms with Gasteiger partial charge in [-0.2, -0.15) is 12.6 Å². The van der Waals surface area contributed by atoms with Crippen LogP contribution in [0.15, 0.2) is 54.6 Å². The molecule has 21 heteroatoms. The lowest BCUT2D eigenvalue weighted by Crippen LogP contribution is -2.59. The number of carboxylic acid groups (broad SMARTS) is 3. The van der Waals surface area contributed by atoms with Gasteiger partial charge in [-0.1, -0.05) is 56.3 Å². The van der Waals surface area contributed by atoms with Gasteiger partial charge in [-0.3, -0.25) is 38.4 Å². The standard InChI is InChI=1S/C38H51N7O13S/c1-20(2)14-24(39)33(52)43-26(15-21-6-4-3-5-7-21)34(53)40-18-30(47)41-27(16-22-8-10-23(46)11-9-22)35(54)44-28(17-32(50)51)36(55)45-29(19-59)37(56)42-25(38(57)58)12-13-31(48)49/h3-11,20,24-29,46,59H,12-19,39H2,1-2H3,(H,40,53)(H,41,47)(H,42,56)(H,43,52)(H,44,54)(H,45,55)(H,48,49)(H,50,51)(H,57,58)/t24-,25-,26-,27-,28-,29-/m0/s1. The SMILES string of the molecule is CC(C)C[C@H](N)C(=O)N[C@@H](Cc1ccccc1)C(=O)NCC(=O)N[C@@H](Cc1ccc(O)cc1)C(=O)N[C@@H](CC(=O)O)C(=O)N[C@@H](CS)C(=O)N[C@@H](CCC(=O)O)C(=O)O. The van der Waals surface area contributed by atoms with Crippen LogP contribution >= 0.6 is 12.6 Å². The Kier molecular flexibility index (Phi) is 20.3. The summed E-state index contributed by atoms with van der Waals surface area (Å²) in [6, 6.07) is 5.57. The largest absolute Gasteiger partial charge is 0.508 e. The number of phenols is 1. The van der Waals surface area contributed by atoms with Crippen LogP contribution in [0.5, 0.6) is 5.75 Å². The molecule has 2 rings (SSSR count). The zero-order chi connectivity index (χ0) is 44.2. The van der Waals surface area contributed by atoms with Crippen LogP contribution in [0.2, 0.25) is 0 Å². The number of carboxylic acids is 3. The quantitative estimate of drug-likeness (QED) is 0.0504. The van der Waals surface area contributed by atoms with Crippen LogP contribution in [0, 0.1) is 5.92 Å². The molecule has 59 heavy (non-hydrogen) atoms. The molecule has 0 aromatic heterocycles. The fraction of sp³-hybridized carbons (Fsp3) is 0.447. The first kappa shape index (κ1) is 48.9. The Morgan fingerprint density at radius 2 is 1.14 bits per heavy atom. The van der Waals surface area contributed by atoms with Gasteiger partial charge in [-0.25, -0.2) is 4.79 Å². The second-order valence-corrected chi connectivity index (χ2v) is 14.3. The summed E-state index contributed by atoms with van der Waals surface area (Å²) in [5.41, 5.74) is 7.13. The van der Waals surface area contributed by atoms with Crippen LogP contribution in [0.25, 0.3) is 0 Å². The van der Waals surface area contributed by atoms with E-state index in [4.69, 9.17) is 10.8 Å². The van der Waals surface area contributed by atoms with Gasteiger partial charge in [-0.05, 0) is 42.0 Å². The first-order valence-corrected chi connectivity index (χ1v) is 19.1. The van der Waals surface area contributed by atoms with Gasteiger partial charge < -0.3 is 58.1 Å². The molecule has 0 aliphatic heterocycles. The third kappa shape index (κ3) is 18.3. The summed E-state index contributed by atoms with van der Waals surface area (Å²) in [5, 5.41) is 51.6. The van der Waals surface area contributed by atoms with Crippen LogP contribution in [0.1, 0.15) is 50.7 Å². The van der Waals surface area contributed by atoms with Crippen molar-refractivity contribution in [2.24, 2.45) is 11.7 Å². The fourth-order valence-electron chi connectivity index (χ4n) is 5.49. The molecule has 6 atom stereocenters. The molecule has 12 N–H and O–H groups in total. The van der Waals surface area contributed by atoms with Crippen LogP contribution in [0.4, 0.5) is 0 Å². The second kappa shape index (κ2) is 24.5. The van der Waals surface area contributed by atoms with E-state index in [2.05, 4.69) is 44.5 Å². The summed E-state index contributed by atoms with van der Waals surface area (Å²) < 4.78 is 0. The minimum Gasteiger partial charge on any atom is -0.508 e. The van der Waals surface area contributed by atoms with Crippen LogP contribution < -0.4 is 37.6 Å². The zero-order valence-corrected chi connectivity index (χ0v) is 33.3. The number of thiol groups is 1. The molecule has 2 aromatic carbocycles. The van der Waals surface area contributed by atoms with Gasteiger partial charge in [0.15, 0.2) is 0 Å². The Morgan fingerprint density at radius 1 is 0.627 bits per heavy atom. The normalized spacial score (nSPS) is 13.9. The number of aromatic hydroxyl groups is 1. The minimum absolute atomic E-state index is 0.0495. The fourth-order valence-corrected chi connectivity index (χ4v) is 5.74. The molecule has 0 saturated heterocycles. The minimum atomic E-state index is -1.86. The summed E-state index contributed by atoms with van der Waals surface area (Å²) in [6.45, 7) is 3.07. The molecule has 0 heterocycles. The molecule has 0 aliphatic carbocycles. The molecule has 0 fully saturated rings. The lowest BCUT2D eigenvalue weighted by Gasteiger charge is -2.25. The highest BCUT2D eigenvalue weighted by Gasteiger charge is 2.33. The zero-order valence-electron chi connectivity index (χ0n) is 32.4. The van der Waals surface area contributed by atoms with Crippen molar-refractivity contribution in [1.29, 1.82) is 0 Å². The molecule has 0 radical (unpaired) electrons. The maximum absolute atomic E-state index is 13.7. The molecule has 2 aromatic rings. The third-order valence-corrected chi connectivity index (χ3v) is 8.88. The van der Waals surface area contributed by atoms with Crippen molar-refractivity contribution in [2.45, 2.75) is 88.6 Å². The van der Waals surface area contributed by atoms with Gasteiger partial charge in [0.2, 0.25) is 35.4 Å². The van der Waals surface area contributed by atoms with Crippen molar-refractivity contribution in [3.63, 3.8) is 0 Å². The predicted octanol–water partition coefficient (Wildman–Crippen LogP) is -1.56. The summed E-state index contributed by atoms with van der Waals surface area (Å²) in [5.74, 6) is -10.5. The van der Waals surface area contributed by atoms with E-state index >= 15 is 0 Å². The van der Waals surface area contributed by atoms with E-state index in [1.54, 1.807) is 30.3 Å². The number of aliphatic carboxylic acids is 3. The lowest BCUT2D eigenvalue weighted by atomic mass is 10.0. The van der Waals surface area contributed by atoms with E-state index in [-0.39, 0.29) is 24.5 Å². The highest BCUT2D eigenvalue weighted by Crippen LogP contribution is 2.12. The Labute approximate surface area is 344 Å². The number of nitrogens with one attached hydrogen (secondary N) is 6. The summed E-state index contributed by atoms with van der Waals surface area (Å²) in [6.07, 6.45) is -1.97. The van der Waals surface area contributed by atoms with Crippen molar-refractivity contribution in [1.82, 2.24) is 31.9 Å². The number of hydrogen-bond donors (Lipinski definition) is 12. The van der Waals surface area contributed by atoms with Crippen LogP contribution in [-0.2, 0) is 56.0 Å². The van der Waals surface area contributed by atoms with Gasteiger partial charge in [0.1, 0.15) is 36.0 Å². The lowest BCUT2D eigenvalue weighted by molar-refractivity contribution is -0.144. The molecule has 0 unspecified atom stereocenters. The average molecular weight is 846 g/mol.